The third-order valence-corrected chi connectivity index (χ3v) is 7.48. The molecule has 5 rings (SSSR count). The molecule has 1 fully saturated rings. The maximum Gasteiger partial charge on any atom is 0.330 e. The molecule has 4 aromatic rings. The van der Waals surface area contributed by atoms with Gasteiger partial charge in [0.05, 0.1) is 18.1 Å². The molecule has 1 saturated heterocycles. The Labute approximate surface area is 214 Å². The molecule has 37 heavy (non-hydrogen) atoms. The van der Waals surface area contributed by atoms with E-state index < -0.39 is 41.0 Å². The van der Waals surface area contributed by atoms with Crippen LogP contribution in [0.15, 0.2) is 107 Å². The van der Waals surface area contributed by atoms with Gasteiger partial charge >= 0.3 is 5.69 Å². The fourth-order valence-electron chi connectivity index (χ4n) is 5.86. The molecule has 2 N–H and O–H groups in total. The Balaban J connectivity index is 1.85. The molecule has 0 saturated carbocycles. The molecule has 1 aromatic heterocycles. The lowest BCUT2D eigenvalue weighted by molar-refractivity contribution is -0.0466. The van der Waals surface area contributed by atoms with Crippen molar-refractivity contribution in [2.24, 2.45) is 5.41 Å². The van der Waals surface area contributed by atoms with Crippen molar-refractivity contribution in [3.05, 3.63) is 140 Å². The molecule has 1 aliphatic rings. The lowest BCUT2D eigenvalue weighted by Crippen LogP contribution is -2.52. The molecule has 0 bridgehead atoms. The third kappa shape index (κ3) is 3.73. The number of aromatic nitrogens is 2. The lowest BCUT2D eigenvalue weighted by atomic mass is 9.51. The van der Waals surface area contributed by atoms with Gasteiger partial charge in [0.15, 0.2) is 0 Å². The smallest absolute Gasteiger partial charge is 0.330 e. The van der Waals surface area contributed by atoms with E-state index in [1.54, 1.807) is 6.92 Å². The number of H-pyrrole nitrogens is 1. The summed E-state index contributed by atoms with van der Waals surface area (Å²) < 4.78 is 7.63. The second kappa shape index (κ2) is 9.66. The van der Waals surface area contributed by atoms with Gasteiger partial charge in [0, 0.05) is 18.2 Å². The summed E-state index contributed by atoms with van der Waals surface area (Å²) in [6, 6.07) is 31.8. The van der Waals surface area contributed by atoms with Crippen LogP contribution in [0.1, 0.15) is 34.9 Å². The fourth-order valence-corrected chi connectivity index (χ4v) is 5.86. The van der Waals surface area contributed by atoms with E-state index in [-0.39, 0.29) is 6.42 Å². The van der Waals surface area contributed by atoms with E-state index in [9.17, 15) is 20.0 Å². The van der Waals surface area contributed by atoms with E-state index in [1.165, 1.54) is 10.8 Å². The van der Waals surface area contributed by atoms with Gasteiger partial charge in [-0.15, -0.1) is 0 Å². The number of aromatic amines is 1. The molecule has 2 heterocycles. The van der Waals surface area contributed by atoms with Crippen LogP contribution in [0.2, 0.25) is 0 Å². The van der Waals surface area contributed by atoms with E-state index in [0.29, 0.717) is 5.56 Å². The maximum absolute atomic E-state index is 12.8. The van der Waals surface area contributed by atoms with Crippen LogP contribution in [0, 0.1) is 23.7 Å². The lowest BCUT2D eigenvalue weighted by Gasteiger charge is -2.48. The first kappa shape index (κ1) is 24.4. The van der Waals surface area contributed by atoms with Gasteiger partial charge in [0.25, 0.3) is 5.56 Å². The zero-order valence-electron chi connectivity index (χ0n) is 20.4. The normalized spacial score (nSPS) is 21.4. The quantitative estimate of drug-likeness (QED) is 0.399. The highest BCUT2D eigenvalue weighted by Gasteiger charge is 2.64. The third-order valence-electron chi connectivity index (χ3n) is 7.48. The van der Waals surface area contributed by atoms with Gasteiger partial charge in [-0.25, -0.2) is 4.79 Å². The fraction of sp³-hybridized carbons (Fsp3) is 0.233. The highest BCUT2D eigenvalue weighted by Crippen LogP contribution is 2.60. The number of nitrogens with zero attached hydrogens (tertiary/aromatic N) is 2. The summed E-state index contributed by atoms with van der Waals surface area (Å²) in [5.74, 6) is 0. The standard InChI is InChI=1S/C30H27N3O4/c1-21-18-33(28(36)32-27(21)35)26-17-29(20-31,25(19-34)37-26)30(22-11-5-2-6-12-22,23-13-7-3-8-14-23)24-15-9-4-10-16-24/h2-16,18,25-26,34H,17,19H2,1H3,(H,32,35,36)/t25-,26-,29?/m1/s1. The first-order valence-electron chi connectivity index (χ1n) is 12.1. The van der Waals surface area contributed by atoms with Gasteiger partial charge in [0.2, 0.25) is 0 Å². The van der Waals surface area contributed by atoms with Gasteiger partial charge in [0.1, 0.15) is 17.7 Å². The van der Waals surface area contributed by atoms with E-state index in [2.05, 4.69) is 11.1 Å². The minimum Gasteiger partial charge on any atom is -0.394 e. The van der Waals surface area contributed by atoms with Crippen molar-refractivity contribution in [3.63, 3.8) is 0 Å². The minimum absolute atomic E-state index is 0.0960. The average molecular weight is 494 g/mol. The summed E-state index contributed by atoms with van der Waals surface area (Å²) in [6.45, 7) is 1.17. The first-order valence-corrected chi connectivity index (χ1v) is 12.1. The number of aliphatic hydroxyl groups excluding tert-OH is 1. The van der Waals surface area contributed by atoms with Crippen molar-refractivity contribution in [2.75, 3.05) is 6.61 Å². The molecule has 3 atom stereocenters. The number of aliphatic hydroxyl groups is 1. The average Bonchev–Trinajstić information content (AvgIpc) is 3.33. The SMILES string of the molecule is Cc1cn([C@H]2CC(C#N)(C(c3ccccc3)(c3ccccc3)c3ccccc3)[C@@H](CO)O2)c(=O)[nH]c1=O. The van der Waals surface area contributed by atoms with E-state index in [0.717, 1.165) is 16.7 Å². The zero-order chi connectivity index (χ0) is 26.0. The Bertz CT molecular complexity index is 1440. The number of hydrogen-bond donors (Lipinski definition) is 2. The van der Waals surface area contributed by atoms with Crippen LogP contribution in [0.25, 0.3) is 0 Å². The van der Waals surface area contributed by atoms with Crippen LogP contribution in [0.3, 0.4) is 0 Å². The molecule has 1 unspecified atom stereocenters. The van der Waals surface area contributed by atoms with Crippen molar-refractivity contribution >= 4 is 0 Å². The van der Waals surface area contributed by atoms with Crippen LogP contribution in [-0.2, 0) is 10.2 Å². The number of ether oxygens (including phenoxy) is 1. The number of hydrogen-bond acceptors (Lipinski definition) is 5. The molecule has 0 aliphatic carbocycles. The molecule has 1 aliphatic heterocycles. The van der Waals surface area contributed by atoms with Crippen LogP contribution in [-0.4, -0.2) is 27.4 Å². The van der Waals surface area contributed by atoms with Crippen LogP contribution in [0.5, 0.6) is 0 Å². The Kier molecular flexibility index (Phi) is 6.38. The first-order chi connectivity index (χ1) is 18.0. The number of benzene rings is 3. The summed E-state index contributed by atoms with van der Waals surface area (Å²) in [6.07, 6.45) is -0.278. The monoisotopic (exact) mass is 493 g/mol. The molecule has 0 radical (unpaired) electrons. The second-order valence-electron chi connectivity index (χ2n) is 9.38. The summed E-state index contributed by atoms with van der Waals surface area (Å²) in [5.41, 5.74) is -0.565. The zero-order valence-corrected chi connectivity index (χ0v) is 20.4. The molecule has 0 spiro atoms. The van der Waals surface area contributed by atoms with Crippen LogP contribution >= 0.6 is 0 Å². The number of nitriles is 1. The van der Waals surface area contributed by atoms with E-state index in [4.69, 9.17) is 4.74 Å². The highest BCUT2D eigenvalue weighted by molar-refractivity contribution is 5.56. The predicted octanol–water partition coefficient (Wildman–Crippen LogP) is 3.67. The van der Waals surface area contributed by atoms with Gasteiger partial charge in [-0.2, -0.15) is 5.26 Å². The summed E-state index contributed by atoms with van der Waals surface area (Å²) in [5, 5.41) is 21.7. The van der Waals surface area contributed by atoms with Crippen LogP contribution < -0.4 is 11.2 Å². The summed E-state index contributed by atoms with van der Waals surface area (Å²) in [4.78, 5) is 27.2. The predicted molar refractivity (Wildman–Crippen MR) is 139 cm³/mol. The van der Waals surface area contributed by atoms with Gasteiger partial charge in [-0.05, 0) is 23.6 Å². The second-order valence-corrected chi connectivity index (χ2v) is 9.38. The van der Waals surface area contributed by atoms with Crippen molar-refractivity contribution in [1.29, 1.82) is 5.26 Å². The highest BCUT2D eigenvalue weighted by atomic mass is 16.5. The summed E-state index contributed by atoms with van der Waals surface area (Å²) in [7, 11) is 0. The van der Waals surface area contributed by atoms with Crippen molar-refractivity contribution in [2.45, 2.75) is 31.1 Å². The molecule has 186 valence electrons. The Morgan fingerprint density at radius 3 is 1.89 bits per heavy atom. The van der Waals surface area contributed by atoms with Crippen molar-refractivity contribution in [1.82, 2.24) is 9.55 Å². The molecule has 7 heteroatoms. The summed E-state index contributed by atoms with van der Waals surface area (Å²) >= 11 is 0. The van der Waals surface area contributed by atoms with Crippen LogP contribution in [0.4, 0.5) is 0 Å². The topological polar surface area (TPSA) is 108 Å². The van der Waals surface area contributed by atoms with Crippen molar-refractivity contribution < 1.29 is 9.84 Å². The minimum atomic E-state index is -1.33. The van der Waals surface area contributed by atoms with Gasteiger partial charge in [-0.1, -0.05) is 91.0 Å². The molecule has 0 amide bonds. The Hall–Kier alpha value is -4.25. The molecular weight excluding hydrogens is 466 g/mol. The number of rotatable bonds is 6. The van der Waals surface area contributed by atoms with E-state index in [1.807, 2.05) is 91.0 Å². The van der Waals surface area contributed by atoms with E-state index >= 15 is 0 Å². The van der Waals surface area contributed by atoms with Gasteiger partial charge in [-0.3, -0.25) is 14.3 Å². The maximum atomic E-state index is 12.8. The molecule has 3 aromatic carbocycles. The molecule has 7 nitrogen and oxygen atoms in total. The van der Waals surface area contributed by atoms with Crippen molar-refractivity contribution in [3.8, 4) is 6.07 Å². The number of aryl methyl sites for hydroxylation is 1. The number of nitrogens with one attached hydrogen (secondary N) is 1. The largest absolute Gasteiger partial charge is 0.394 e. The Morgan fingerprint density at radius 1 is 0.973 bits per heavy atom. The van der Waals surface area contributed by atoms with Gasteiger partial charge < -0.3 is 9.84 Å². The Morgan fingerprint density at radius 2 is 1.46 bits per heavy atom. The molecular formula is C30H27N3O4.